The molecule has 3 aromatic heterocycles. The largest absolute Gasteiger partial charge is 0.309 e. The molecular weight excluding hydrogens is 328 g/mol. The van der Waals surface area contributed by atoms with Crippen molar-refractivity contribution < 1.29 is 4.79 Å². The van der Waals surface area contributed by atoms with Crippen LogP contribution in [-0.4, -0.2) is 32.3 Å². The Bertz CT molecular complexity index is 1070. The quantitative estimate of drug-likeness (QED) is 0.789. The van der Waals surface area contributed by atoms with Gasteiger partial charge in [0, 0.05) is 24.0 Å². The van der Waals surface area contributed by atoms with Crippen molar-refractivity contribution in [3.63, 3.8) is 0 Å². The first-order chi connectivity index (χ1) is 12.6. The third kappa shape index (κ3) is 2.02. The molecule has 2 fully saturated rings. The van der Waals surface area contributed by atoms with Crippen LogP contribution in [0.1, 0.15) is 25.0 Å². The minimum atomic E-state index is -0.851. The highest BCUT2D eigenvalue weighted by Gasteiger charge is 2.57. The second kappa shape index (κ2) is 5.18. The number of anilines is 1. The van der Waals surface area contributed by atoms with E-state index in [1.807, 2.05) is 31.3 Å². The number of carbonyl (C=O) groups is 1. The maximum atomic E-state index is 13.2. The number of rotatable bonds is 3. The predicted octanol–water partition coefficient (Wildman–Crippen LogP) is 2.69. The normalized spacial score (nSPS) is 22.9. The van der Waals surface area contributed by atoms with Crippen LogP contribution in [0, 0.1) is 29.6 Å². The van der Waals surface area contributed by atoms with Crippen LogP contribution < -0.4 is 4.90 Å². The second-order valence-electron chi connectivity index (χ2n) is 7.28. The van der Waals surface area contributed by atoms with Crippen molar-refractivity contribution in [3.05, 3.63) is 36.3 Å². The van der Waals surface area contributed by atoms with Crippen LogP contribution in [0.5, 0.6) is 0 Å². The number of nitrogens with zero attached hydrogens (tertiary/aromatic N) is 5. The van der Waals surface area contributed by atoms with Crippen molar-refractivity contribution in [3.8, 4) is 17.3 Å². The Balaban J connectivity index is 1.64. The number of aromatic amines is 1. The topological polar surface area (TPSA) is 90.1 Å². The zero-order valence-electron chi connectivity index (χ0n) is 14.4. The lowest BCUT2D eigenvalue weighted by Gasteiger charge is -2.22. The van der Waals surface area contributed by atoms with Crippen molar-refractivity contribution in [2.45, 2.75) is 26.2 Å². The molecule has 2 aliphatic rings. The first-order valence-corrected chi connectivity index (χ1v) is 8.85. The third-order valence-corrected chi connectivity index (χ3v) is 5.61. The van der Waals surface area contributed by atoms with Gasteiger partial charge in [0.25, 0.3) is 0 Å². The molecule has 1 amide bonds. The number of aryl methyl sites for hydroxylation is 1. The average molecular weight is 346 g/mol. The lowest BCUT2D eigenvalue weighted by atomic mass is 9.83. The number of fused-ring (bicyclic) bond motifs is 1. The SMILES string of the molecule is Cc1cc(-c2cc(N3CC[C@@](C#N)(C4CC4)C3=O)c3ccnn3c2)n[nH]1. The fraction of sp³-hybridized carbons (Fsp3) is 0.368. The number of pyridine rings is 1. The molecule has 1 atom stereocenters. The highest BCUT2D eigenvalue weighted by atomic mass is 16.2. The molecule has 0 spiro atoms. The average Bonchev–Trinajstić information content (AvgIpc) is 3.08. The molecule has 3 aromatic rings. The molecule has 1 saturated carbocycles. The Labute approximate surface area is 150 Å². The van der Waals surface area contributed by atoms with Gasteiger partial charge in [-0.2, -0.15) is 15.5 Å². The summed E-state index contributed by atoms with van der Waals surface area (Å²) in [6, 6.07) is 8.18. The van der Waals surface area contributed by atoms with Gasteiger partial charge in [0.2, 0.25) is 5.91 Å². The van der Waals surface area contributed by atoms with E-state index in [4.69, 9.17) is 0 Å². The zero-order chi connectivity index (χ0) is 17.9. The molecule has 0 aromatic carbocycles. The summed E-state index contributed by atoms with van der Waals surface area (Å²) >= 11 is 0. The Hall–Kier alpha value is -3.14. The van der Waals surface area contributed by atoms with Gasteiger partial charge in [-0.15, -0.1) is 0 Å². The minimum Gasteiger partial charge on any atom is -0.309 e. The lowest BCUT2D eigenvalue weighted by Crippen LogP contribution is -2.35. The number of nitrogens with one attached hydrogen (secondary N) is 1. The van der Waals surface area contributed by atoms with Crippen molar-refractivity contribution in [1.82, 2.24) is 19.8 Å². The van der Waals surface area contributed by atoms with E-state index in [0.717, 1.165) is 41.0 Å². The Morgan fingerprint density at radius 1 is 1.38 bits per heavy atom. The molecule has 1 aliphatic carbocycles. The number of carbonyl (C=O) groups excluding carboxylic acids is 1. The number of H-pyrrole nitrogens is 1. The summed E-state index contributed by atoms with van der Waals surface area (Å²) in [7, 11) is 0. The van der Waals surface area contributed by atoms with E-state index >= 15 is 0 Å². The van der Waals surface area contributed by atoms with E-state index in [1.165, 1.54) is 0 Å². The Morgan fingerprint density at radius 2 is 2.23 bits per heavy atom. The second-order valence-corrected chi connectivity index (χ2v) is 7.28. The van der Waals surface area contributed by atoms with Gasteiger partial charge in [-0.05, 0) is 50.3 Å². The van der Waals surface area contributed by atoms with Crippen LogP contribution in [0.25, 0.3) is 16.8 Å². The fourth-order valence-electron chi connectivity index (χ4n) is 4.05. The van der Waals surface area contributed by atoms with E-state index in [9.17, 15) is 10.1 Å². The summed E-state index contributed by atoms with van der Waals surface area (Å²) in [6.07, 6.45) is 6.17. The van der Waals surface area contributed by atoms with Crippen molar-refractivity contribution in [2.24, 2.45) is 11.3 Å². The van der Waals surface area contributed by atoms with Gasteiger partial charge in [0.15, 0.2) is 0 Å². The molecule has 0 bridgehead atoms. The highest BCUT2D eigenvalue weighted by molar-refractivity contribution is 6.05. The number of nitriles is 1. The van der Waals surface area contributed by atoms with E-state index in [2.05, 4.69) is 21.4 Å². The highest BCUT2D eigenvalue weighted by Crippen LogP contribution is 2.52. The smallest absolute Gasteiger partial charge is 0.247 e. The Morgan fingerprint density at radius 3 is 2.92 bits per heavy atom. The number of hydrogen-bond acceptors (Lipinski definition) is 4. The standard InChI is InChI=1S/C19H18N6O/c1-12-8-15(23-22-12)13-9-17(16-4-6-21-25(16)10-13)24-7-5-19(11-20,18(24)26)14-2-3-14/h4,6,8-10,14H,2-3,5,7H2,1H3,(H,22,23)/t19-/m1/s1. The van der Waals surface area contributed by atoms with Gasteiger partial charge >= 0.3 is 0 Å². The predicted molar refractivity (Wildman–Crippen MR) is 95.3 cm³/mol. The van der Waals surface area contributed by atoms with E-state index in [-0.39, 0.29) is 11.8 Å². The van der Waals surface area contributed by atoms with Crippen LogP contribution in [0.3, 0.4) is 0 Å². The molecule has 1 N–H and O–H groups in total. The third-order valence-electron chi connectivity index (χ3n) is 5.61. The van der Waals surface area contributed by atoms with Crippen LogP contribution in [0.15, 0.2) is 30.6 Å². The molecule has 7 heteroatoms. The first-order valence-electron chi connectivity index (χ1n) is 8.85. The molecule has 4 heterocycles. The summed E-state index contributed by atoms with van der Waals surface area (Å²) < 4.78 is 1.77. The molecule has 5 rings (SSSR count). The van der Waals surface area contributed by atoms with E-state index < -0.39 is 5.41 Å². The van der Waals surface area contributed by atoms with Gasteiger partial charge in [-0.25, -0.2) is 4.52 Å². The maximum absolute atomic E-state index is 13.2. The first kappa shape index (κ1) is 15.1. The number of aromatic nitrogens is 4. The Kier molecular flexibility index (Phi) is 3.02. The van der Waals surface area contributed by atoms with Gasteiger partial charge < -0.3 is 4.90 Å². The van der Waals surface area contributed by atoms with Gasteiger partial charge in [-0.3, -0.25) is 9.89 Å². The van der Waals surface area contributed by atoms with E-state index in [0.29, 0.717) is 13.0 Å². The molecule has 7 nitrogen and oxygen atoms in total. The van der Waals surface area contributed by atoms with Crippen molar-refractivity contribution >= 4 is 17.1 Å². The maximum Gasteiger partial charge on any atom is 0.247 e. The van der Waals surface area contributed by atoms with Crippen LogP contribution in [-0.2, 0) is 4.79 Å². The summed E-state index contributed by atoms with van der Waals surface area (Å²) in [5, 5.41) is 21.4. The monoisotopic (exact) mass is 346 g/mol. The molecule has 1 saturated heterocycles. The van der Waals surface area contributed by atoms with Crippen LogP contribution in [0.4, 0.5) is 5.69 Å². The van der Waals surface area contributed by atoms with E-state index in [1.54, 1.807) is 15.6 Å². The fourth-order valence-corrected chi connectivity index (χ4v) is 4.05. The van der Waals surface area contributed by atoms with Gasteiger partial charge in [-0.1, -0.05) is 0 Å². The molecule has 130 valence electrons. The van der Waals surface area contributed by atoms with Gasteiger partial charge in [0.1, 0.15) is 5.41 Å². The molecule has 26 heavy (non-hydrogen) atoms. The molecule has 0 radical (unpaired) electrons. The summed E-state index contributed by atoms with van der Waals surface area (Å²) in [6.45, 7) is 2.51. The summed E-state index contributed by atoms with van der Waals surface area (Å²) in [5.74, 6) is 0.143. The van der Waals surface area contributed by atoms with Gasteiger partial charge in [0.05, 0.1) is 29.2 Å². The lowest BCUT2D eigenvalue weighted by molar-refractivity contribution is -0.123. The molecule has 0 unspecified atom stereocenters. The van der Waals surface area contributed by atoms with Crippen molar-refractivity contribution in [1.29, 1.82) is 5.26 Å². The summed E-state index contributed by atoms with van der Waals surface area (Å²) in [4.78, 5) is 15.0. The van der Waals surface area contributed by atoms with Crippen LogP contribution >= 0.6 is 0 Å². The number of hydrogen-bond donors (Lipinski definition) is 1. The van der Waals surface area contributed by atoms with Crippen molar-refractivity contribution in [2.75, 3.05) is 11.4 Å². The summed E-state index contributed by atoms with van der Waals surface area (Å²) in [5.41, 5.74) is 3.46. The number of amides is 1. The zero-order valence-corrected chi connectivity index (χ0v) is 14.4. The molecule has 1 aliphatic heterocycles. The molecular formula is C19H18N6O. The van der Waals surface area contributed by atoms with Crippen LogP contribution in [0.2, 0.25) is 0 Å². The minimum absolute atomic E-state index is 0.0686.